The molecule has 2 aromatic carbocycles. The van der Waals surface area contributed by atoms with Crippen molar-refractivity contribution < 1.29 is 12.6 Å². The Hall–Kier alpha value is -3.74. The van der Waals surface area contributed by atoms with E-state index in [1.54, 1.807) is 30.7 Å². The van der Waals surface area contributed by atoms with Crippen LogP contribution in [0.5, 0.6) is 5.75 Å². The Labute approximate surface area is 167 Å². The molecular weight excluding hydrogens is 390 g/mol. The van der Waals surface area contributed by atoms with E-state index in [1.807, 2.05) is 28.8 Å². The fraction of sp³-hybridized carbons (Fsp3) is 0.0500. The summed E-state index contributed by atoms with van der Waals surface area (Å²) in [6, 6.07) is 17.8. The van der Waals surface area contributed by atoms with E-state index in [2.05, 4.69) is 20.2 Å². The zero-order valence-electron chi connectivity index (χ0n) is 15.1. The van der Waals surface area contributed by atoms with Gasteiger partial charge >= 0.3 is 10.3 Å². The van der Waals surface area contributed by atoms with E-state index in [0.717, 1.165) is 27.9 Å². The predicted octanol–water partition coefficient (Wildman–Crippen LogP) is 2.60. The fourth-order valence-electron chi connectivity index (χ4n) is 3.06. The van der Waals surface area contributed by atoms with Crippen molar-refractivity contribution in [1.82, 2.24) is 14.5 Å². The van der Waals surface area contributed by atoms with Crippen molar-refractivity contribution in [3.63, 3.8) is 0 Å². The lowest BCUT2D eigenvalue weighted by Gasteiger charge is -2.10. The van der Waals surface area contributed by atoms with Crippen molar-refractivity contribution in [1.29, 1.82) is 5.26 Å². The van der Waals surface area contributed by atoms with Crippen LogP contribution in [0, 0.1) is 11.3 Å². The molecule has 0 radical (unpaired) electrons. The van der Waals surface area contributed by atoms with Gasteiger partial charge < -0.3 is 8.75 Å². The molecule has 0 fully saturated rings. The van der Waals surface area contributed by atoms with Gasteiger partial charge in [-0.05, 0) is 53.1 Å². The summed E-state index contributed by atoms with van der Waals surface area (Å²) in [7, 11) is -4.09. The Morgan fingerprint density at radius 3 is 2.62 bits per heavy atom. The van der Waals surface area contributed by atoms with Crippen molar-refractivity contribution >= 4 is 21.5 Å². The quantitative estimate of drug-likeness (QED) is 0.544. The molecule has 0 aliphatic heterocycles. The molecule has 0 aliphatic rings. The van der Waals surface area contributed by atoms with Gasteiger partial charge in [0.15, 0.2) is 5.65 Å². The maximum atomic E-state index is 11.0. The van der Waals surface area contributed by atoms with Crippen LogP contribution in [0.1, 0.15) is 11.1 Å². The van der Waals surface area contributed by atoms with Crippen LogP contribution in [0.25, 0.3) is 22.3 Å². The zero-order chi connectivity index (χ0) is 20.4. The highest BCUT2D eigenvalue weighted by Crippen LogP contribution is 2.27. The lowest BCUT2D eigenvalue weighted by molar-refractivity contribution is 0.488. The van der Waals surface area contributed by atoms with E-state index in [9.17, 15) is 13.7 Å². The lowest BCUT2D eigenvalue weighted by Crippen LogP contribution is -2.18. The molecular formula is C20H15N5O3S. The van der Waals surface area contributed by atoms with Gasteiger partial charge in [0.05, 0.1) is 24.5 Å². The van der Waals surface area contributed by atoms with Gasteiger partial charge in [-0.15, -0.1) is 0 Å². The Bertz CT molecular complexity index is 1340. The number of hydrogen-bond acceptors (Lipinski definition) is 6. The van der Waals surface area contributed by atoms with Crippen LogP contribution in [0.4, 0.5) is 0 Å². The van der Waals surface area contributed by atoms with Crippen LogP contribution < -0.4 is 9.32 Å². The minimum absolute atomic E-state index is 0.0990. The Morgan fingerprint density at radius 2 is 1.90 bits per heavy atom. The van der Waals surface area contributed by atoms with E-state index in [-0.39, 0.29) is 5.75 Å². The van der Waals surface area contributed by atoms with Gasteiger partial charge in [-0.1, -0.05) is 18.2 Å². The molecule has 0 aliphatic carbocycles. The summed E-state index contributed by atoms with van der Waals surface area (Å²) >= 11 is 0. The predicted molar refractivity (Wildman–Crippen MR) is 107 cm³/mol. The lowest BCUT2D eigenvalue weighted by atomic mass is 9.97. The number of nitrogens with two attached hydrogens (primary N) is 1. The van der Waals surface area contributed by atoms with Crippen molar-refractivity contribution in [3.05, 3.63) is 78.2 Å². The first-order valence-electron chi connectivity index (χ1n) is 8.54. The van der Waals surface area contributed by atoms with Gasteiger partial charge in [-0.25, -0.2) is 9.97 Å². The van der Waals surface area contributed by atoms with E-state index < -0.39 is 10.3 Å². The van der Waals surface area contributed by atoms with E-state index >= 15 is 0 Å². The summed E-state index contributed by atoms with van der Waals surface area (Å²) < 4.78 is 28.7. The molecule has 2 aromatic heterocycles. The average Bonchev–Trinajstić information content (AvgIpc) is 3.10. The number of nitrogens with zero attached hydrogens (tertiary/aromatic N) is 4. The first-order chi connectivity index (χ1) is 13.9. The minimum Gasteiger partial charge on any atom is -0.371 e. The number of hydrogen-bond donors (Lipinski definition) is 1. The largest absolute Gasteiger partial charge is 0.380 e. The molecule has 9 heteroatoms. The molecule has 4 rings (SSSR count). The zero-order valence-corrected chi connectivity index (χ0v) is 15.9. The molecule has 4 aromatic rings. The SMILES string of the molecule is N#Cc1ccc(Cn2cnc3cccnc32)cc1-c1ccc(OS(N)(=O)=O)cc1. The second-order valence-corrected chi connectivity index (χ2v) is 7.46. The highest BCUT2D eigenvalue weighted by Gasteiger charge is 2.10. The number of rotatable bonds is 5. The molecule has 2 heterocycles. The van der Waals surface area contributed by atoms with Crippen molar-refractivity contribution in [2.24, 2.45) is 5.14 Å². The molecule has 0 amide bonds. The molecule has 0 saturated carbocycles. The number of nitriles is 1. The van der Waals surface area contributed by atoms with E-state index in [1.165, 1.54) is 12.1 Å². The summed E-state index contributed by atoms with van der Waals surface area (Å²) in [5.41, 5.74) is 4.54. The van der Waals surface area contributed by atoms with E-state index in [4.69, 9.17) is 5.14 Å². The second-order valence-electron chi connectivity index (χ2n) is 6.31. The molecule has 0 atom stereocenters. The number of pyridine rings is 1. The van der Waals surface area contributed by atoms with Gasteiger partial charge in [0.25, 0.3) is 0 Å². The molecule has 144 valence electrons. The number of imidazole rings is 1. The summed E-state index contributed by atoms with van der Waals surface area (Å²) in [6.45, 7) is 0.541. The summed E-state index contributed by atoms with van der Waals surface area (Å²) in [5, 5.41) is 14.4. The van der Waals surface area contributed by atoms with Crippen LogP contribution in [-0.4, -0.2) is 23.0 Å². The highest BCUT2D eigenvalue weighted by atomic mass is 32.2. The molecule has 2 N–H and O–H groups in total. The third-order valence-corrected chi connectivity index (χ3v) is 4.73. The highest BCUT2D eigenvalue weighted by molar-refractivity contribution is 7.84. The molecule has 0 bridgehead atoms. The summed E-state index contributed by atoms with van der Waals surface area (Å²) in [4.78, 5) is 8.71. The fourth-order valence-corrected chi connectivity index (χ4v) is 3.44. The molecule has 8 nitrogen and oxygen atoms in total. The molecule has 29 heavy (non-hydrogen) atoms. The number of benzene rings is 2. The van der Waals surface area contributed by atoms with E-state index in [0.29, 0.717) is 12.1 Å². The summed E-state index contributed by atoms with van der Waals surface area (Å²) in [5.74, 6) is 0.0990. The van der Waals surface area contributed by atoms with Gasteiger partial charge in [0.1, 0.15) is 11.3 Å². The van der Waals surface area contributed by atoms with Crippen molar-refractivity contribution in [2.45, 2.75) is 6.54 Å². The Kier molecular flexibility index (Phi) is 4.72. The normalized spacial score (nSPS) is 11.3. The average molecular weight is 405 g/mol. The monoisotopic (exact) mass is 405 g/mol. The minimum atomic E-state index is -4.09. The molecule has 0 spiro atoms. The first kappa shape index (κ1) is 18.6. The maximum absolute atomic E-state index is 11.0. The third kappa shape index (κ3) is 4.08. The van der Waals surface area contributed by atoms with Crippen LogP contribution in [0.2, 0.25) is 0 Å². The van der Waals surface area contributed by atoms with Crippen LogP contribution in [0.3, 0.4) is 0 Å². The topological polar surface area (TPSA) is 124 Å². The van der Waals surface area contributed by atoms with Crippen LogP contribution >= 0.6 is 0 Å². The second kappa shape index (κ2) is 7.35. The van der Waals surface area contributed by atoms with Crippen molar-refractivity contribution in [3.8, 4) is 22.9 Å². The maximum Gasteiger partial charge on any atom is 0.380 e. The first-order valence-corrected chi connectivity index (χ1v) is 10.0. The van der Waals surface area contributed by atoms with Crippen LogP contribution in [-0.2, 0) is 16.8 Å². The van der Waals surface area contributed by atoms with Gasteiger partial charge in [0, 0.05) is 6.20 Å². The van der Waals surface area contributed by atoms with Gasteiger partial charge in [-0.3, -0.25) is 0 Å². The molecule has 0 saturated heterocycles. The van der Waals surface area contributed by atoms with Crippen molar-refractivity contribution in [2.75, 3.05) is 0 Å². The smallest absolute Gasteiger partial charge is 0.371 e. The van der Waals surface area contributed by atoms with Crippen LogP contribution in [0.15, 0.2) is 67.1 Å². The number of aromatic nitrogens is 3. The van der Waals surface area contributed by atoms with Gasteiger partial charge in [-0.2, -0.15) is 18.8 Å². The Balaban J connectivity index is 1.68. The van der Waals surface area contributed by atoms with Gasteiger partial charge in [0.2, 0.25) is 0 Å². The third-order valence-electron chi connectivity index (χ3n) is 4.31. The molecule has 0 unspecified atom stereocenters. The standard InChI is InChI=1S/C20H15N5O3S/c21-11-16-4-3-14(12-25-13-24-19-2-1-9-23-20(19)25)10-18(16)15-5-7-17(8-6-15)28-29(22,26)27/h1-10,13H,12H2,(H2,22,26,27). The summed E-state index contributed by atoms with van der Waals surface area (Å²) in [6.07, 6.45) is 3.45. The Morgan fingerprint density at radius 1 is 1.10 bits per heavy atom. The number of fused-ring (bicyclic) bond motifs is 1.